The predicted molar refractivity (Wildman–Crippen MR) is 107 cm³/mol. The van der Waals surface area contributed by atoms with Crippen molar-refractivity contribution in [2.75, 3.05) is 19.8 Å². The van der Waals surface area contributed by atoms with Gasteiger partial charge in [-0.15, -0.1) is 0 Å². The summed E-state index contributed by atoms with van der Waals surface area (Å²) in [5.74, 6) is -1.18. The predicted octanol–water partition coefficient (Wildman–Crippen LogP) is 1.10. The number of hydrogen-bond donors (Lipinski definition) is 2. The van der Waals surface area contributed by atoms with Crippen molar-refractivity contribution in [2.24, 2.45) is 23.2 Å². The molecule has 5 atom stereocenters. The van der Waals surface area contributed by atoms with Gasteiger partial charge in [-0.1, -0.05) is 13.8 Å². The lowest BCUT2D eigenvalue weighted by molar-refractivity contribution is -0.151. The Bertz CT molecular complexity index is 821. The number of hydrogen-bond acceptors (Lipinski definition) is 5. The van der Waals surface area contributed by atoms with Crippen LogP contribution in [0, 0.1) is 23.2 Å². The SMILES string of the molecule is CC1(C)C2CN(C(=O)[C@H](Cc3ccncc3)NC(=O)C[C@H]3CCOC3)C(C(=O)O)C21. The number of carbonyl (C=O) groups is 3. The average molecular weight is 415 g/mol. The lowest BCUT2D eigenvalue weighted by Crippen LogP contribution is -2.54. The monoisotopic (exact) mass is 415 g/mol. The number of piperidine rings is 1. The molecule has 0 bridgehead atoms. The summed E-state index contributed by atoms with van der Waals surface area (Å²) in [7, 11) is 0. The molecule has 1 saturated carbocycles. The lowest BCUT2D eigenvalue weighted by Gasteiger charge is -2.31. The van der Waals surface area contributed by atoms with Crippen LogP contribution in [0.25, 0.3) is 0 Å². The van der Waals surface area contributed by atoms with Crippen LogP contribution in [0.2, 0.25) is 0 Å². The topological polar surface area (TPSA) is 109 Å². The Hall–Kier alpha value is -2.48. The van der Waals surface area contributed by atoms with Gasteiger partial charge in [-0.3, -0.25) is 14.6 Å². The zero-order valence-electron chi connectivity index (χ0n) is 17.4. The van der Waals surface area contributed by atoms with E-state index in [1.54, 1.807) is 24.5 Å². The number of carboxylic acids is 1. The Labute approximate surface area is 176 Å². The summed E-state index contributed by atoms with van der Waals surface area (Å²) < 4.78 is 5.34. The second-order valence-corrected chi connectivity index (χ2v) is 9.34. The van der Waals surface area contributed by atoms with Gasteiger partial charge >= 0.3 is 5.97 Å². The number of likely N-dealkylation sites (tertiary alicyclic amines) is 1. The molecule has 0 aromatic carbocycles. The molecule has 2 N–H and O–H groups in total. The van der Waals surface area contributed by atoms with E-state index < -0.39 is 18.1 Å². The number of ether oxygens (including phenoxy) is 1. The minimum Gasteiger partial charge on any atom is -0.480 e. The van der Waals surface area contributed by atoms with Gasteiger partial charge in [0.15, 0.2) is 0 Å². The molecule has 1 aliphatic carbocycles. The molecule has 1 aromatic rings. The Morgan fingerprint density at radius 2 is 2.07 bits per heavy atom. The lowest BCUT2D eigenvalue weighted by atomic mass is 9.98. The molecule has 3 heterocycles. The number of carboxylic acid groups (broad SMARTS) is 1. The largest absolute Gasteiger partial charge is 0.480 e. The van der Waals surface area contributed by atoms with E-state index in [9.17, 15) is 19.5 Å². The van der Waals surface area contributed by atoms with Crippen molar-refractivity contribution in [1.82, 2.24) is 15.2 Å². The summed E-state index contributed by atoms with van der Waals surface area (Å²) in [6, 6.07) is 1.97. The molecule has 3 unspecified atom stereocenters. The summed E-state index contributed by atoms with van der Waals surface area (Å²) in [6.07, 6.45) is 4.73. The van der Waals surface area contributed by atoms with Crippen LogP contribution in [0.3, 0.4) is 0 Å². The van der Waals surface area contributed by atoms with E-state index in [4.69, 9.17) is 4.74 Å². The number of fused-ring (bicyclic) bond motifs is 1. The highest BCUT2D eigenvalue weighted by atomic mass is 16.5. The zero-order valence-corrected chi connectivity index (χ0v) is 17.4. The quantitative estimate of drug-likeness (QED) is 0.690. The highest BCUT2D eigenvalue weighted by molar-refractivity contribution is 5.92. The van der Waals surface area contributed by atoms with Crippen LogP contribution >= 0.6 is 0 Å². The van der Waals surface area contributed by atoms with Crippen LogP contribution in [-0.4, -0.2) is 64.6 Å². The Morgan fingerprint density at radius 3 is 2.70 bits per heavy atom. The molecule has 4 rings (SSSR count). The van der Waals surface area contributed by atoms with Crippen LogP contribution < -0.4 is 5.32 Å². The normalized spacial score (nSPS) is 29.9. The fourth-order valence-corrected chi connectivity index (χ4v) is 5.21. The molecule has 3 fully saturated rings. The second kappa shape index (κ2) is 7.98. The molecule has 2 saturated heterocycles. The van der Waals surface area contributed by atoms with Crippen molar-refractivity contribution in [3.63, 3.8) is 0 Å². The van der Waals surface area contributed by atoms with Gasteiger partial charge < -0.3 is 20.1 Å². The first kappa shape index (κ1) is 20.8. The van der Waals surface area contributed by atoms with E-state index in [0.29, 0.717) is 32.6 Å². The third-order valence-corrected chi connectivity index (χ3v) is 7.07. The van der Waals surface area contributed by atoms with Crippen LogP contribution in [0.15, 0.2) is 24.5 Å². The van der Waals surface area contributed by atoms with Crippen LogP contribution in [0.1, 0.15) is 32.3 Å². The Morgan fingerprint density at radius 1 is 1.33 bits per heavy atom. The molecule has 162 valence electrons. The van der Waals surface area contributed by atoms with Crippen molar-refractivity contribution < 1.29 is 24.2 Å². The number of nitrogens with one attached hydrogen (secondary N) is 1. The van der Waals surface area contributed by atoms with Crippen molar-refractivity contribution in [3.8, 4) is 0 Å². The molecule has 0 spiro atoms. The van der Waals surface area contributed by atoms with Crippen LogP contribution in [0.5, 0.6) is 0 Å². The third kappa shape index (κ3) is 3.93. The van der Waals surface area contributed by atoms with Gasteiger partial charge in [0.05, 0.1) is 0 Å². The van der Waals surface area contributed by atoms with Gasteiger partial charge in [-0.25, -0.2) is 4.79 Å². The molecule has 2 aliphatic heterocycles. The summed E-state index contributed by atoms with van der Waals surface area (Å²) >= 11 is 0. The maximum Gasteiger partial charge on any atom is 0.326 e. The van der Waals surface area contributed by atoms with Crippen molar-refractivity contribution in [1.29, 1.82) is 0 Å². The first-order valence-electron chi connectivity index (χ1n) is 10.6. The van der Waals surface area contributed by atoms with Crippen molar-refractivity contribution >= 4 is 17.8 Å². The maximum absolute atomic E-state index is 13.4. The highest BCUT2D eigenvalue weighted by Crippen LogP contribution is 2.64. The molecule has 8 heteroatoms. The van der Waals surface area contributed by atoms with Gasteiger partial charge in [0.25, 0.3) is 0 Å². The number of carbonyl (C=O) groups excluding carboxylic acids is 2. The summed E-state index contributed by atoms with van der Waals surface area (Å²) in [6.45, 7) is 5.75. The smallest absolute Gasteiger partial charge is 0.326 e. The average Bonchev–Trinajstić information content (AvgIpc) is 3.14. The molecular weight excluding hydrogens is 386 g/mol. The molecular formula is C22H29N3O5. The third-order valence-electron chi connectivity index (χ3n) is 7.07. The Kier molecular flexibility index (Phi) is 5.53. The van der Waals surface area contributed by atoms with E-state index >= 15 is 0 Å². The first-order chi connectivity index (χ1) is 14.3. The summed E-state index contributed by atoms with van der Waals surface area (Å²) in [4.78, 5) is 43.5. The number of aliphatic carboxylic acids is 1. The zero-order chi connectivity index (χ0) is 21.5. The van der Waals surface area contributed by atoms with Crippen LogP contribution in [0.4, 0.5) is 0 Å². The minimum atomic E-state index is -0.974. The number of pyridine rings is 1. The number of aromatic nitrogens is 1. The van der Waals surface area contributed by atoms with E-state index in [-0.39, 0.29) is 35.0 Å². The molecule has 1 aromatic heterocycles. The van der Waals surface area contributed by atoms with Crippen molar-refractivity contribution in [3.05, 3.63) is 30.1 Å². The molecule has 8 nitrogen and oxygen atoms in total. The van der Waals surface area contributed by atoms with E-state index in [0.717, 1.165) is 12.0 Å². The highest BCUT2D eigenvalue weighted by Gasteiger charge is 2.69. The maximum atomic E-state index is 13.4. The minimum absolute atomic E-state index is 0.0353. The van der Waals surface area contributed by atoms with E-state index in [2.05, 4.69) is 24.1 Å². The second-order valence-electron chi connectivity index (χ2n) is 9.34. The first-order valence-corrected chi connectivity index (χ1v) is 10.6. The van der Waals surface area contributed by atoms with Gasteiger partial charge in [0, 0.05) is 50.9 Å². The standard InChI is InChI=1S/C22H29N3O5/c1-22(2)15-11-25(19(18(15)22)21(28)29)20(27)16(9-13-3-6-23-7-4-13)24-17(26)10-14-5-8-30-12-14/h3-4,6-7,14-16,18-19H,5,8-12H2,1-2H3,(H,24,26)(H,28,29)/t14-,15?,16+,18?,19?/m1/s1. The van der Waals surface area contributed by atoms with Gasteiger partial charge in [-0.05, 0) is 41.4 Å². The summed E-state index contributed by atoms with van der Waals surface area (Å²) in [5, 5.41) is 12.7. The van der Waals surface area contributed by atoms with Crippen LogP contribution in [-0.2, 0) is 25.5 Å². The molecule has 2 amide bonds. The van der Waals surface area contributed by atoms with E-state index in [1.807, 2.05) is 0 Å². The van der Waals surface area contributed by atoms with Gasteiger partial charge in [0.1, 0.15) is 12.1 Å². The fraction of sp³-hybridized carbons (Fsp3) is 0.636. The molecule has 0 radical (unpaired) electrons. The molecule has 3 aliphatic rings. The fourth-order valence-electron chi connectivity index (χ4n) is 5.21. The van der Waals surface area contributed by atoms with Gasteiger partial charge in [0.2, 0.25) is 11.8 Å². The van der Waals surface area contributed by atoms with Gasteiger partial charge in [-0.2, -0.15) is 0 Å². The Balaban J connectivity index is 1.50. The van der Waals surface area contributed by atoms with E-state index in [1.165, 1.54) is 4.90 Å². The summed E-state index contributed by atoms with van der Waals surface area (Å²) in [5.41, 5.74) is 0.802. The molecule has 30 heavy (non-hydrogen) atoms. The number of nitrogens with zero attached hydrogens (tertiary/aromatic N) is 2. The number of amides is 2. The van der Waals surface area contributed by atoms with Crippen molar-refractivity contribution in [2.45, 2.75) is 45.2 Å². The number of rotatable bonds is 7.